The Bertz CT molecular complexity index is 252. The Morgan fingerprint density at radius 3 is 2.06 bits per heavy atom. The van der Waals surface area contributed by atoms with Gasteiger partial charge in [-0.3, -0.25) is 5.10 Å². The maximum Gasteiger partial charge on any atom is 0.160 e. The highest BCUT2D eigenvalue weighted by molar-refractivity contribution is 8.93. The first kappa shape index (κ1) is 24.2. The molecular weight excluding hydrogens is 470 g/mol. The van der Waals surface area contributed by atoms with Gasteiger partial charge in [-0.05, 0) is 0 Å². The van der Waals surface area contributed by atoms with Crippen molar-refractivity contribution >= 4 is 74.5 Å². The molecule has 0 aliphatic carbocycles. The standard InChI is InChI=1S/C8H17N5S2.3BrH/c9-1-3-14-5-7-11-8(13-12-7)6-15-4-2-10;;;/h1-6,9-10H2,(H,11,12,13);3*1H. The number of nitrogens with zero attached hydrogens (tertiary/aromatic N) is 2. The molecule has 0 aliphatic heterocycles. The molecule has 0 spiro atoms. The summed E-state index contributed by atoms with van der Waals surface area (Å²) in [6.07, 6.45) is 0. The first-order valence-electron chi connectivity index (χ1n) is 4.82. The van der Waals surface area contributed by atoms with Crippen LogP contribution in [-0.4, -0.2) is 39.8 Å². The van der Waals surface area contributed by atoms with E-state index in [-0.39, 0.29) is 50.9 Å². The summed E-state index contributed by atoms with van der Waals surface area (Å²) in [7, 11) is 0. The molecule has 1 aromatic heterocycles. The van der Waals surface area contributed by atoms with E-state index >= 15 is 0 Å². The molecule has 10 heteroatoms. The van der Waals surface area contributed by atoms with Gasteiger partial charge in [0.1, 0.15) is 5.82 Å². The fourth-order valence-corrected chi connectivity index (χ4v) is 2.22. The van der Waals surface area contributed by atoms with Crippen LogP contribution in [0.15, 0.2) is 0 Å². The topological polar surface area (TPSA) is 93.6 Å². The Balaban J connectivity index is -0.000000750. The summed E-state index contributed by atoms with van der Waals surface area (Å²) in [4.78, 5) is 4.36. The van der Waals surface area contributed by atoms with Gasteiger partial charge in [-0.25, -0.2) is 4.98 Å². The summed E-state index contributed by atoms with van der Waals surface area (Å²) in [6.45, 7) is 1.41. The maximum atomic E-state index is 5.40. The zero-order valence-electron chi connectivity index (χ0n) is 9.83. The van der Waals surface area contributed by atoms with Crippen LogP contribution in [0.2, 0.25) is 0 Å². The number of rotatable bonds is 8. The highest BCUT2D eigenvalue weighted by atomic mass is 79.9. The van der Waals surface area contributed by atoms with Gasteiger partial charge in [-0.15, -0.1) is 50.9 Å². The van der Waals surface area contributed by atoms with Crippen LogP contribution < -0.4 is 11.5 Å². The Labute approximate surface area is 148 Å². The molecule has 5 nitrogen and oxygen atoms in total. The van der Waals surface area contributed by atoms with Crippen molar-refractivity contribution in [3.63, 3.8) is 0 Å². The van der Waals surface area contributed by atoms with Crippen LogP contribution in [0.1, 0.15) is 11.6 Å². The lowest BCUT2D eigenvalue weighted by atomic mass is 10.7. The number of nitrogens with one attached hydrogen (secondary N) is 1. The average Bonchev–Trinajstić information content (AvgIpc) is 2.67. The molecule has 1 heterocycles. The third kappa shape index (κ3) is 11.1. The van der Waals surface area contributed by atoms with Crippen molar-refractivity contribution in [2.45, 2.75) is 11.5 Å². The van der Waals surface area contributed by atoms with E-state index in [1.165, 1.54) is 0 Å². The van der Waals surface area contributed by atoms with Crippen LogP contribution in [0.25, 0.3) is 0 Å². The van der Waals surface area contributed by atoms with Crippen LogP contribution >= 0.6 is 74.5 Å². The molecule has 110 valence electrons. The molecule has 0 fully saturated rings. The van der Waals surface area contributed by atoms with E-state index in [4.69, 9.17) is 11.5 Å². The normalized spacial score (nSPS) is 9.00. The molecule has 0 saturated heterocycles. The van der Waals surface area contributed by atoms with E-state index in [2.05, 4.69) is 15.2 Å². The Hall–Kier alpha value is 1.20. The number of hydrogen-bond donors (Lipinski definition) is 3. The van der Waals surface area contributed by atoms with Crippen LogP contribution in [-0.2, 0) is 11.5 Å². The first-order valence-corrected chi connectivity index (χ1v) is 7.13. The van der Waals surface area contributed by atoms with Gasteiger partial charge in [-0.2, -0.15) is 28.6 Å². The van der Waals surface area contributed by atoms with E-state index in [1.807, 2.05) is 0 Å². The molecule has 0 unspecified atom stereocenters. The molecule has 0 aliphatic rings. The highest BCUT2D eigenvalue weighted by Crippen LogP contribution is 2.10. The van der Waals surface area contributed by atoms with Crippen LogP contribution in [0, 0.1) is 0 Å². The van der Waals surface area contributed by atoms with Crippen LogP contribution in [0.3, 0.4) is 0 Å². The number of aromatic nitrogens is 3. The Kier molecular flexibility index (Phi) is 21.9. The van der Waals surface area contributed by atoms with Crippen molar-refractivity contribution in [1.82, 2.24) is 15.2 Å². The number of thioether (sulfide) groups is 2. The number of nitrogens with two attached hydrogens (primary N) is 2. The fourth-order valence-electron chi connectivity index (χ4n) is 0.963. The molecule has 0 atom stereocenters. The van der Waals surface area contributed by atoms with Crippen molar-refractivity contribution in [1.29, 1.82) is 0 Å². The van der Waals surface area contributed by atoms with Crippen LogP contribution in [0.4, 0.5) is 0 Å². The number of halogens is 3. The van der Waals surface area contributed by atoms with E-state index in [1.54, 1.807) is 23.5 Å². The molecular formula is C8H20Br3N5S2. The van der Waals surface area contributed by atoms with Gasteiger partial charge in [0.25, 0.3) is 0 Å². The summed E-state index contributed by atoms with van der Waals surface area (Å²) >= 11 is 3.51. The molecule has 0 amide bonds. The lowest BCUT2D eigenvalue weighted by Gasteiger charge is -1.94. The zero-order chi connectivity index (χ0) is 10.9. The predicted molar refractivity (Wildman–Crippen MR) is 97.8 cm³/mol. The lowest BCUT2D eigenvalue weighted by molar-refractivity contribution is 1.00. The van der Waals surface area contributed by atoms with Crippen LogP contribution in [0.5, 0.6) is 0 Å². The van der Waals surface area contributed by atoms with Gasteiger partial charge in [0.05, 0.1) is 11.5 Å². The second-order valence-electron chi connectivity index (χ2n) is 2.88. The van der Waals surface area contributed by atoms with Crippen molar-refractivity contribution < 1.29 is 0 Å². The number of hydrogen-bond acceptors (Lipinski definition) is 6. The van der Waals surface area contributed by atoms with Gasteiger partial charge in [0.2, 0.25) is 0 Å². The third-order valence-electron chi connectivity index (χ3n) is 1.57. The largest absolute Gasteiger partial charge is 0.330 e. The van der Waals surface area contributed by atoms with E-state index in [0.717, 1.165) is 34.7 Å². The predicted octanol–water partition coefficient (Wildman–Crippen LogP) is 1.92. The molecule has 18 heavy (non-hydrogen) atoms. The second-order valence-corrected chi connectivity index (χ2v) is 5.09. The third-order valence-corrected chi connectivity index (χ3v) is 3.56. The fraction of sp³-hybridized carbons (Fsp3) is 0.750. The van der Waals surface area contributed by atoms with Gasteiger partial charge in [0.15, 0.2) is 5.82 Å². The summed E-state index contributed by atoms with van der Waals surface area (Å²) in [5, 5.41) is 7.05. The highest BCUT2D eigenvalue weighted by Gasteiger charge is 2.02. The van der Waals surface area contributed by atoms with Crippen molar-refractivity contribution in [2.75, 3.05) is 24.6 Å². The maximum absolute atomic E-state index is 5.40. The quantitative estimate of drug-likeness (QED) is 0.483. The minimum absolute atomic E-state index is 0. The zero-order valence-corrected chi connectivity index (χ0v) is 16.6. The lowest BCUT2D eigenvalue weighted by Crippen LogP contribution is -2.02. The van der Waals surface area contributed by atoms with Gasteiger partial charge >= 0.3 is 0 Å². The average molecular weight is 490 g/mol. The molecule has 0 aromatic carbocycles. The molecule has 1 aromatic rings. The number of aromatic amines is 1. The smallest absolute Gasteiger partial charge is 0.160 e. The van der Waals surface area contributed by atoms with Gasteiger partial charge in [0, 0.05) is 24.6 Å². The summed E-state index contributed by atoms with van der Waals surface area (Å²) < 4.78 is 0. The van der Waals surface area contributed by atoms with Crippen molar-refractivity contribution in [2.24, 2.45) is 11.5 Å². The number of H-pyrrole nitrogens is 1. The molecule has 5 N–H and O–H groups in total. The van der Waals surface area contributed by atoms with Gasteiger partial charge in [-0.1, -0.05) is 0 Å². The van der Waals surface area contributed by atoms with Crippen molar-refractivity contribution in [3.8, 4) is 0 Å². The van der Waals surface area contributed by atoms with Crippen molar-refractivity contribution in [3.05, 3.63) is 11.6 Å². The molecule has 0 radical (unpaired) electrons. The minimum Gasteiger partial charge on any atom is -0.330 e. The molecule has 0 bridgehead atoms. The van der Waals surface area contributed by atoms with E-state index in [9.17, 15) is 0 Å². The summed E-state index contributed by atoms with van der Waals surface area (Å²) in [5.74, 6) is 5.37. The summed E-state index contributed by atoms with van der Waals surface area (Å²) in [5.41, 5.74) is 10.8. The SMILES string of the molecule is Br.Br.Br.NCCSCc1n[nH]c(CSCCN)n1. The first-order chi connectivity index (χ1) is 7.36. The van der Waals surface area contributed by atoms with E-state index in [0.29, 0.717) is 13.1 Å². The molecule has 0 saturated carbocycles. The minimum atomic E-state index is 0. The Morgan fingerprint density at radius 1 is 0.944 bits per heavy atom. The molecule has 1 rings (SSSR count). The van der Waals surface area contributed by atoms with Gasteiger partial charge < -0.3 is 11.5 Å². The monoisotopic (exact) mass is 487 g/mol. The summed E-state index contributed by atoms with van der Waals surface area (Å²) in [6, 6.07) is 0. The Morgan fingerprint density at radius 2 is 1.50 bits per heavy atom. The van der Waals surface area contributed by atoms with E-state index < -0.39 is 0 Å². The second kappa shape index (κ2) is 16.3.